The number of aryl methyl sites for hydroxylation is 1. The van der Waals surface area contributed by atoms with E-state index in [-0.39, 0.29) is 37.7 Å². The van der Waals surface area contributed by atoms with E-state index >= 15 is 0 Å². The van der Waals surface area contributed by atoms with Crippen LogP contribution in [-0.4, -0.2) is 36.2 Å². The Balaban J connectivity index is 0.00000256. The number of carbonyl (C=O) groups is 2. The Labute approximate surface area is 196 Å². The van der Waals surface area contributed by atoms with Crippen molar-refractivity contribution in [1.29, 1.82) is 0 Å². The molecule has 0 aliphatic carbocycles. The largest absolute Gasteiger partial charge is 1.00 e. The summed E-state index contributed by atoms with van der Waals surface area (Å²) < 4.78 is 0. The third kappa shape index (κ3) is 5.86. The Morgan fingerprint density at radius 1 is 0.968 bits per heavy atom. The maximum atomic E-state index is 12.6. The molecule has 0 aliphatic heterocycles. The Morgan fingerprint density at radius 3 is 2.03 bits per heavy atom. The van der Waals surface area contributed by atoms with Crippen molar-refractivity contribution in [2.24, 2.45) is 0 Å². The van der Waals surface area contributed by atoms with Crippen LogP contribution in [0.15, 0.2) is 72.8 Å². The number of carbonyl (C=O) groups excluding carboxylic acids is 1. The van der Waals surface area contributed by atoms with Crippen LogP contribution in [0.1, 0.15) is 40.8 Å². The first-order valence-corrected chi connectivity index (χ1v) is 9.70. The molecule has 0 spiro atoms. The third-order valence-electron chi connectivity index (χ3n) is 5.35. The van der Waals surface area contributed by atoms with Crippen LogP contribution in [0.3, 0.4) is 0 Å². The zero-order valence-electron chi connectivity index (χ0n) is 19.3. The predicted molar refractivity (Wildman–Crippen MR) is 117 cm³/mol. The number of carboxylic acids is 1. The molecule has 3 rings (SSSR count). The first-order valence-electron chi connectivity index (χ1n) is 9.70. The molecule has 1 amide bonds. The van der Waals surface area contributed by atoms with Gasteiger partial charge in [-0.1, -0.05) is 60.7 Å². The topological polar surface area (TPSA) is 66.8 Å². The Morgan fingerprint density at radius 2 is 1.52 bits per heavy atom. The Bertz CT molecular complexity index is 1040. The maximum Gasteiger partial charge on any atom is 1.00 e. The molecule has 5 nitrogen and oxygen atoms in total. The zero-order chi connectivity index (χ0) is 21.7. The molecular formula is C25H26LiNO4. The van der Waals surface area contributed by atoms with Gasteiger partial charge in [-0.2, -0.15) is 0 Å². The van der Waals surface area contributed by atoms with Gasteiger partial charge in [0, 0.05) is 19.4 Å². The average Bonchev–Trinajstić information content (AvgIpc) is 2.77. The minimum Gasteiger partial charge on any atom is -1.00 e. The maximum absolute atomic E-state index is 12.6. The fraction of sp³-hybridized carbons (Fsp3) is 0.200. The first-order chi connectivity index (χ1) is 14.4. The van der Waals surface area contributed by atoms with Gasteiger partial charge in [0.1, 0.15) is 0 Å². The van der Waals surface area contributed by atoms with Gasteiger partial charge in [-0.3, -0.25) is 9.63 Å². The molecule has 1 atom stereocenters. The van der Waals surface area contributed by atoms with Crippen LogP contribution in [0.5, 0.6) is 0 Å². The fourth-order valence-corrected chi connectivity index (χ4v) is 3.50. The van der Waals surface area contributed by atoms with Crippen molar-refractivity contribution in [1.82, 2.24) is 5.06 Å². The molecule has 0 radical (unpaired) electrons. The van der Waals surface area contributed by atoms with Gasteiger partial charge in [-0.15, -0.1) is 0 Å². The molecule has 6 heteroatoms. The van der Waals surface area contributed by atoms with E-state index in [9.17, 15) is 9.59 Å². The van der Waals surface area contributed by atoms with E-state index in [1.165, 1.54) is 12.2 Å². The van der Waals surface area contributed by atoms with Gasteiger partial charge in [-0.05, 0) is 46.9 Å². The predicted octanol–water partition coefficient (Wildman–Crippen LogP) is 2.02. The second-order valence-electron chi connectivity index (χ2n) is 7.19. The number of amides is 1. The number of rotatable bonds is 7. The van der Waals surface area contributed by atoms with Crippen molar-refractivity contribution in [2.75, 3.05) is 14.2 Å². The van der Waals surface area contributed by atoms with Crippen LogP contribution >= 0.6 is 0 Å². The summed E-state index contributed by atoms with van der Waals surface area (Å²) in [6.07, 6.45) is 0.294. The van der Waals surface area contributed by atoms with Gasteiger partial charge >= 0.3 is 24.8 Å². The first kappa shape index (κ1) is 24.4. The molecular weight excluding hydrogens is 385 g/mol. The fourth-order valence-electron chi connectivity index (χ4n) is 3.50. The van der Waals surface area contributed by atoms with Crippen LogP contribution in [-0.2, 0) is 9.63 Å². The normalized spacial score (nSPS) is 11.3. The summed E-state index contributed by atoms with van der Waals surface area (Å²) in [6.45, 7) is 2.05. The van der Waals surface area contributed by atoms with Crippen molar-refractivity contribution in [3.8, 4) is 11.1 Å². The van der Waals surface area contributed by atoms with E-state index < -0.39 is 5.97 Å². The standard InChI is InChI=1S/C25H25NO4.Li.H/c1-17-6-4-5-7-22(17)23(16-24(27)26(2)30-3)20-12-8-18(9-13-20)19-10-14-21(15-11-19)25(28)29;;/h4-15,23H,16H2,1-3H3,(H,28,29);;/q;+1;-1/t23-;;/m1../s1. The van der Waals surface area contributed by atoms with E-state index in [0.717, 1.165) is 27.8 Å². The molecule has 0 saturated heterocycles. The Hall–Kier alpha value is -2.84. The summed E-state index contributed by atoms with van der Waals surface area (Å²) in [5.41, 5.74) is 5.45. The number of nitrogens with zero attached hydrogens (tertiary/aromatic N) is 1. The Kier molecular flexibility index (Phi) is 8.64. The van der Waals surface area contributed by atoms with E-state index in [4.69, 9.17) is 9.94 Å². The summed E-state index contributed by atoms with van der Waals surface area (Å²) >= 11 is 0. The van der Waals surface area contributed by atoms with Crippen LogP contribution in [0.2, 0.25) is 0 Å². The number of aromatic carboxylic acids is 1. The summed E-state index contributed by atoms with van der Waals surface area (Å²) in [7, 11) is 3.09. The molecule has 0 saturated carbocycles. The van der Waals surface area contributed by atoms with Crippen LogP contribution in [0, 0.1) is 6.92 Å². The average molecular weight is 411 g/mol. The smallest absolute Gasteiger partial charge is 1.00 e. The van der Waals surface area contributed by atoms with Gasteiger partial charge in [0.2, 0.25) is 5.91 Å². The monoisotopic (exact) mass is 411 g/mol. The molecule has 0 bridgehead atoms. The molecule has 3 aromatic rings. The quantitative estimate of drug-likeness (QED) is 0.477. The zero-order valence-corrected chi connectivity index (χ0v) is 18.3. The summed E-state index contributed by atoms with van der Waals surface area (Å²) in [6, 6.07) is 22.9. The van der Waals surface area contributed by atoms with E-state index in [0.29, 0.717) is 6.42 Å². The van der Waals surface area contributed by atoms with Crippen LogP contribution in [0.25, 0.3) is 11.1 Å². The summed E-state index contributed by atoms with van der Waals surface area (Å²) in [4.78, 5) is 28.7. The number of carboxylic acid groups (broad SMARTS) is 1. The van der Waals surface area contributed by atoms with Gasteiger partial charge in [0.25, 0.3) is 0 Å². The van der Waals surface area contributed by atoms with Crippen molar-refractivity contribution in [2.45, 2.75) is 19.3 Å². The van der Waals surface area contributed by atoms with Crippen molar-refractivity contribution in [3.63, 3.8) is 0 Å². The third-order valence-corrected chi connectivity index (χ3v) is 5.35. The summed E-state index contributed by atoms with van der Waals surface area (Å²) in [5.74, 6) is -1.14. The van der Waals surface area contributed by atoms with Crippen molar-refractivity contribution < 1.29 is 39.8 Å². The molecule has 31 heavy (non-hydrogen) atoms. The SMILES string of the molecule is CON(C)C(=O)C[C@H](c1ccc(-c2ccc(C(=O)O)cc2)cc1)c1ccccc1C.[H-].[Li+]. The second-order valence-corrected chi connectivity index (χ2v) is 7.19. The van der Waals surface area contributed by atoms with E-state index in [1.807, 2.05) is 49.4 Å². The van der Waals surface area contributed by atoms with Crippen LogP contribution in [0.4, 0.5) is 0 Å². The van der Waals surface area contributed by atoms with Gasteiger partial charge < -0.3 is 6.53 Å². The number of hydrogen-bond donors (Lipinski definition) is 1. The molecule has 0 fully saturated rings. The molecule has 1 N–H and O–H groups in total. The molecule has 0 unspecified atom stereocenters. The van der Waals surface area contributed by atoms with Gasteiger partial charge in [0.05, 0.1) is 12.7 Å². The number of benzene rings is 3. The number of hydrogen-bond acceptors (Lipinski definition) is 3. The number of hydroxylamine groups is 2. The van der Waals surface area contributed by atoms with Crippen molar-refractivity contribution >= 4 is 11.9 Å². The van der Waals surface area contributed by atoms with E-state index in [1.54, 1.807) is 31.3 Å². The molecule has 3 aromatic carbocycles. The minimum atomic E-state index is -0.941. The molecule has 0 aromatic heterocycles. The second kappa shape index (κ2) is 11.0. The minimum absolute atomic E-state index is 0. The van der Waals surface area contributed by atoms with Crippen LogP contribution < -0.4 is 18.9 Å². The molecule has 0 aliphatic rings. The summed E-state index contributed by atoms with van der Waals surface area (Å²) in [5, 5.41) is 10.3. The van der Waals surface area contributed by atoms with E-state index in [2.05, 4.69) is 6.07 Å². The van der Waals surface area contributed by atoms with Crippen molar-refractivity contribution in [3.05, 3.63) is 95.1 Å². The molecule has 156 valence electrons. The van der Waals surface area contributed by atoms with Gasteiger partial charge in [0.15, 0.2) is 0 Å². The van der Waals surface area contributed by atoms with Gasteiger partial charge in [-0.25, -0.2) is 9.86 Å². The molecule has 0 heterocycles.